The monoisotopic (exact) mass is 216 g/mol. The van der Waals surface area contributed by atoms with Gasteiger partial charge in [-0.05, 0) is 42.6 Å². The van der Waals surface area contributed by atoms with E-state index in [1.54, 1.807) is 0 Å². The first-order chi connectivity index (χ1) is 6.83. The van der Waals surface area contributed by atoms with E-state index in [-0.39, 0.29) is 0 Å². The van der Waals surface area contributed by atoms with Gasteiger partial charge in [-0.2, -0.15) is 11.8 Å². The van der Waals surface area contributed by atoms with E-state index in [2.05, 4.69) is 6.92 Å². The molecule has 0 aromatic carbocycles. The zero-order valence-corrected chi connectivity index (χ0v) is 10.2. The smallest absolute Gasteiger partial charge is 0.0487 e. The molecule has 1 aliphatic carbocycles. The maximum atomic E-state index is 9.49. The van der Waals surface area contributed by atoms with Gasteiger partial charge in [0.25, 0.3) is 0 Å². The van der Waals surface area contributed by atoms with Crippen molar-refractivity contribution in [3.63, 3.8) is 0 Å². The fraction of sp³-hybridized carbons (Fsp3) is 1.00. The summed E-state index contributed by atoms with van der Waals surface area (Å²) in [7, 11) is 0. The molecule has 0 aromatic rings. The van der Waals surface area contributed by atoms with E-state index in [1.807, 2.05) is 11.8 Å². The fourth-order valence-corrected chi connectivity index (χ4v) is 3.12. The molecule has 0 radical (unpaired) electrons. The highest BCUT2D eigenvalue weighted by Crippen LogP contribution is 2.39. The molecule has 1 N–H and O–H groups in total. The van der Waals surface area contributed by atoms with Gasteiger partial charge in [0.2, 0.25) is 0 Å². The summed E-state index contributed by atoms with van der Waals surface area (Å²) in [5.74, 6) is 2.50. The van der Waals surface area contributed by atoms with E-state index in [0.29, 0.717) is 12.0 Å². The van der Waals surface area contributed by atoms with E-state index < -0.39 is 0 Å². The van der Waals surface area contributed by atoms with Gasteiger partial charge in [0.15, 0.2) is 0 Å². The lowest BCUT2D eigenvalue weighted by atomic mass is 9.72. The number of aliphatic hydroxyl groups excluding tert-OH is 1. The van der Waals surface area contributed by atoms with Crippen LogP contribution < -0.4 is 0 Å². The molecule has 0 spiro atoms. The van der Waals surface area contributed by atoms with Crippen LogP contribution in [0.5, 0.6) is 0 Å². The summed E-state index contributed by atoms with van der Waals surface area (Å²) < 4.78 is 0. The predicted molar refractivity (Wildman–Crippen MR) is 64.8 cm³/mol. The van der Waals surface area contributed by atoms with Crippen molar-refractivity contribution in [3.8, 4) is 0 Å². The lowest BCUT2D eigenvalue weighted by Crippen LogP contribution is -2.28. The SMILES string of the molecule is CCSCCCC1(CO)CCCCC1. The molecule has 0 atom stereocenters. The summed E-state index contributed by atoms with van der Waals surface area (Å²) in [6.07, 6.45) is 9.12. The van der Waals surface area contributed by atoms with Crippen molar-refractivity contribution in [3.05, 3.63) is 0 Å². The summed E-state index contributed by atoms with van der Waals surface area (Å²) >= 11 is 2.02. The first kappa shape index (κ1) is 12.4. The summed E-state index contributed by atoms with van der Waals surface area (Å²) in [5.41, 5.74) is 0.312. The van der Waals surface area contributed by atoms with Crippen molar-refractivity contribution >= 4 is 11.8 Å². The topological polar surface area (TPSA) is 20.2 Å². The molecule has 1 nitrogen and oxygen atoms in total. The molecule has 0 aromatic heterocycles. The second-order valence-corrected chi connectivity index (χ2v) is 5.91. The van der Waals surface area contributed by atoms with E-state index in [9.17, 15) is 5.11 Å². The molecule has 0 saturated heterocycles. The molecule has 14 heavy (non-hydrogen) atoms. The Hall–Kier alpha value is 0.310. The fourth-order valence-electron chi connectivity index (χ4n) is 2.48. The molecule has 1 aliphatic rings. The molecule has 0 unspecified atom stereocenters. The minimum absolute atomic E-state index is 0.312. The molecule has 1 rings (SSSR count). The average molecular weight is 216 g/mol. The van der Waals surface area contributed by atoms with Gasteiger partial charge in [0, 0.05) is 6.61 Å². The van der Waals surface area contributed by atoms with Gasteiger partial charge in [-0.1, -0.05) is 26.2 Å². The molecular formula is C12H24OS. The zero-order chi connectivity index (χ0) is 10.3. The van der Waals surface area contributed by atoms with Crippen molar-refractivity contribution in [1.82, 2.24) is 0 Å². The Morgan fingerprint density at radius 1 is 1.21 bits per heavy atom. The first-order valence-electron chi connectivity index (χ1n) is 6.01. The minimum atomic E-state index is 0.312. The van der Waals surface area contributed by atoms with E-state index in [4.69, 9.17) is 0 Å². The lowest BCUT2D eigenvalue weighted by molar-refractivity contribution is 0.0730. The van der Waals surface area contributed by atoms with Crippen LogP contribution in [0.25, 0.3) is 0 Å². The van der Waals surface area contributed by atoms with Crippen molar-refractivity contribution < 1.29 is 5.11 Å². The lowest BCUT2D eigenvalue weighted by Gasteiger charge is -2.35. The molecule has 84 valence electrons. The quantitative estimate of drug-likeness (QED) is 0.686. The number of aliphatic hydroxyl groups is 1. The number of hydrogen-bond acceptors (Lipinski definition) is 2. The zero-order valence-electron chi connectivity index (χ0n) is 9.43. The van der Waals surface area contributed by atoms with Gasteiger partial charge >= 0.3 is 0 Å². The molecule has 2 heteroatoms. The number of hydrogen-bond donors (Lipinski definition) is 1. The van der Waals surface area contributed by atoms with Crippen LogP contribution in [0.15, 0.2) is 0 Å². The third kappa shape index (κ3) is 3.82. The minimum Gasteiger partial charge on any atom is -0.396 e. The highest BCUT2D eigenvalue weighted by Gasteiger charge is 2.30. The van der Waals surface area contributed by atoms with Gasteiger partial charge < -0.3 is 5.11 Å². The molecular weight excluding hydrogens is 192 g/mol. The summed E-state index contributed by atoms with van der Waals surface area (Å²) in [6, 6.07) is 0. The molecule has 1 saturated carbocycles. The van der Waals surface area contributed by atoms with Gasteiger partial charge in [0.1, 0.15) is 0 Å². The van der Waals surface area contributed by atoms with Crippen molar-refractivity contribution in [2.75, 3.05) is 18.1 Å². The Balaban J connectivity index is 2.22. The summed E-state index contributed by atoms with van der Waals surface area (Å²) in [6.45, 7) is 2.64. The number of rotatable bonds is 6. The van der Waals surface area contributed by atoms with Gasteiger partial charge in [0.05, 0.1) is 0 Å². The Morgan fingerprint density at radius 3 is 2.50 bits per heavy atom. The molecule has 0 heterocycles. The van der Waals surface area contributed by atoms with Crippen molar-refractivity contribution in [2.24, 2.45) is 5.41 Å². The van der Waals surface area contributed by atoms with Crippen LogP contribution in [0.4, 0.5) is 0 Å². The van der Waals surface area contributed by atoms with Crippen LogP contribution in [-0.4, -0.2) is 23.2 Å². The maximum Gasteiger partial charge on any atom is 0.0487 e. The predicted octanol–water partition coefficient (Wildman–Crippen LogP) is 3.46. The number of thioether (sulfide) groups is 1. The van der Waals surface area contributed by atoms with Crippen molar-refractivity contribution in [1.29, 1.82) is 0 Å². The second kappa shape index (κ2) is 6.73. The Kier molecular flexibility index (Phi) is 5.95. The largest absolute Gasteiger partial charge is 0.396 e. The maximum absolute atomic E-state index is 9.49. The van der Waals surface area contributed by atoms with Crippen LogP contribution >= 0.6 is 11.8 Å². The third-order valence-corrected chi connectivity index (χ3v) is 4.44. The molecule has 0 amide bonds. The second-order valence-electron chi connectivity index (χ2n) is 4.52. The van der Waals surface area contributed by atoms with E-state index in [0.717, 1.165) is 0 Å². The Morgan fingerprint density at radius 2 is 1.93 bits per heavy atom. The van der Waals surface area contributed by atoms with Crippen LogP contribution in [-0.2, 0) is 0 Å². The first-order valence-corrected chi connectivity index (χ1v) is 7.17. The summed E-state index contributed by atoms with van der Waals surface area (Å²) in [5, 5.41) is 9.49. The standard InChI is InChI=1S/C12H24OS/c1-2-14-10-6-9-12(11-13)7-4-3-5-8-12/h13H,2-11H2,1H3. The normalized spacial score (nSPS) is 21.0. The van der Waals surface area contributed by atoms with Gasteiger partial charge in [-0.25, -0.2) is 0 Å². The van der Waals surface area contributed by atoms with Crippen LogP contribution in [0.2, 0.25) is 0 Å². The van der Waals surface area contributed by atoms with Crippen LogP contribution in [0.3, 0.4) is 0 Å². The summed E-state index contributed by atoms with van der Waals surface area (Å²) in [4.78, 5) is 0. The van der Waals surface area contributed by atoms with Crippen LogP contribution in [0.1, 0.15) is 51.9 Å². The third-order valence-electron chi connectivity index (χ3n) is 3.45. The highest BCUT2D eigenvalue weighted by atomic mass is 32.2. The molecule has 0 aliphatic heterocycles. The Labute approximate surface area is 92.7 Å². The van der Waals surface area contributed by atoms with Crippen molar-refractivity contribution in [2.45, 2.75) is 51.9 Å². The van der Waals surface area contributed by atoms with Gasteiger partial charge in [-0.3, -0.25) is 0 Å². The average Bonchev–Trinajstić information content (AvgIpc) is 2.26. The molecule has 0 bridgehead atoms. The van der Waals surface area contributed by atoms with Gasteiger partial charge in [-0.15, -0.1) is 0 Å². The van der Waals surface area contributed by atoms with Crippen LogP contribution in [0, 0.1) is 5.41 Å². The highest BCUT2D eigenvalue weighted by molar-refractivity contribution is 7.99. The van der Waals surface area contributed by atoms with E-state index in [1.165, 1.54) is 56.5 Å². The Bertz CT molecular complexity index is 141. The molecule has 1 fully saturated rings. The van der Waals surface area contributed by atoms with E-state index >= 15 is 0 Å².